The summed E-state index contributed by atoms with van der Waals surface area (Å²) in [7, 11) is 1.26. The van der Waals surface area contributed by atoms with Crippen LogP contribution in [0.15, 0.2) is 23.1 Å². The Labute approximate surface area is 111 Å². The van der Waals surface area contributed by atoms with E-state index in [1.54, 1.807) is 0 Å². The van der Waals surface area contributed by atoms with Crippen molar-refractivity contribution in [3.8, 4) is 0 Å². The third kappa shape index (κ3) is 4.24. The van der Waals surface area contributed by atoms with E-state index < -0.39 is 5.97 Å². The molecule has 0 bridgehead atoms. The molecule has 0 saturated carbocycles. The fourth-order valence-corrected chi connectivity index (χ4v) is 1.47. The third-order valence-electron chi connectivity index (χ3n) is 2.74. The second-order valence-corrected chi connectivity index (χ2v) is 4.25. The Kier molecular flexibility index (Phi) is 5.29. The van der Waals surface area contributed by atoms with Gasteiger partial charge >= 0.3 is 5.97 Å². The molecular formula is C13H18N2O4. The molecule has 104 valence electrons. The Hall–Kier alpha value is -2.11. The molecule has 19 heavy (non-hydrogen) atoms. The molecule has 0 aromatic carbocycles. The van der Waals surface area contributed by atoms with Crippen LogP contribution in [0.1, 0.15) is 30.6 Å². The van der Waals surface area contributed by atoms with E-state index in [1.165, 1.54) is 30.0 Å². The van der Waals surface area contributed by atoms with Gasteiger partial charge < -0.3 is 14.6 Å². The summed E-state index contributed by atoms with van der Waals surface area (Å²) < 4.78 is 5.75. The van der Waals surface area contributed by atoms with Crippen LogP contribution in [-0.4, -0.2) is 29.6 Å². The molecule has 6 heteroatoms. The van der Waals surface area contributed by atoms with Gasteiger partial charge in [0.25, 0.3) is 5.56 Å². The van der Waals surface area contributed by atoms with E-state index in [2.05, 4.69) is 10.1 Å². The van der Waals surface area contributed by atoms with Gasteiger partial charge in [-0.2, -0.15) is 0 Å². The predicted molar refractivity (Wildman–Crippen MR) is 69.9 cm³/mol. The van der Waals surface area contributed by atoms with Crippen molar-refractivity contribution in [3.05, 3.63) is 34.2 Å². The van der Waals surface area contributed by atoms with Gasteiger partial charge in [0.2, 0.25) is 5.91 Å². The van der Waals surface area contributed by atoms with Gasteiger partial charge in [0, 0.05) is 18.3 Å². The highest BCUT2D eigenvalue weighted by molar-refractivity contribution is 5.88. The highest BCUT2D eigenvalue weighted by Gasteiger charge is 2.11. The second-order valence-electron chi connectivity index (χ2n) is 4.25. The van der Waals surface area contributed by atoms with Crippen molar-refractivity contribution in [3.63, 3.8) is 0 Å². The van der Waals surface area contributed by atoms with Crippen LogP contribution >= 0.6 is 0 Å². The standard InChI is InChI=1S/C13H18N2O4/c1-4-9(2)14-11(16)8-15-7-10(13(18)19-3)5-6-12(15)17/h5-7,9H,4,8H2,1-3H3,(H,14,16). The van der Waals surface area contributed by atoms with Crippen LogP contribution in [0.3, 0.4) is 0 Å². The third-order valence-corrected chi connectivity index (χ3v) is 2.74. The maximum absolute atomic E-state index is 11.7. The molecule has 0 aliphatic carbocycles. The van der Waals surface area contributed by atoms with Crippen LogP contribution < -0.4 is 10.9 Å². The Bertz CT molecular complexity index is 522. The second kappa shape index (κ2) is 6.72. The SMILES string of the molecule is CCC(C)NC(=O)Cn1cc(C(=O)OC)ccc1=O. The number of carbonyl (C=O) groups is 2. The van der Waals surface area contributed by atoms with Crippen molar-refractivity contribution < 1.29 is 14.3 Å². The molecular weight excluding hydrogens is 248 g/mol. The summed E-state index contributed by atoms with van der Waals surface area (Å²) in [6, 6.07) is 2.66. The highest BCUT2D eigenvalue weighted by Crippen LogP contribution is 1.98. The average Bonchev–Trinajstić information content (AvgIpc) is 2.40. The number of ether oxygens (including phenoxy) is 1. The summed E-state index contributed by atoms with van der Waals surface area (Å²) in [6.45, 7) is 3.72. The molecule has 1 aromatic heterocycles. The zero-order valence-electron chi connectivity index (χ0n) is 11.3. The zero-order valence-corrected chi connectivity index (χ0v) is 11.3. The van der Waals surface area contributed by atoms with Gasteiger partial charge in [0.05, 0.1) is 12.7 Å². The van der Waals surface area contributed by atoms with Crippen molar-refractivity contribution in [2.24, 2.45) is 0 Å². The molecule has 0 spiro atoms. The molecule has 1 amide bonds. The molecule has 0 aliphatic heterocycles. The fraction of sp³-hybridized carbons (Fsp3) is 0.462. The maximum atomic E-state index is 11.7. The maximum Gasteiger partial charge on any atom is 0.339 e. The average molecular weight is 266 g/mol. The largest absolute Gasteiger partial charge is 0.465 e. The van der Waals surface area contributed by atoms with Crippen molar-refractivity contribution in [1.82, 2.24) is 9.88 Å². The molecule has 1 heterocycles. The quantitative estimate of drug-likeness (QED) is 0.789. The van der Waals surface area contributed by atoms with Gasteiger partial charge in [0.15, 0.2) is 0 Å². The highest BCUT2D eigenvalue weighted by atomic mass is 16.5. The summed E-state index contributed by atoms with van der Waals surface area (Å²) in [5.74, 6) is -0.811. The van der Waals surface area contributed by atoms with Gasteiger partial charge in [-0.15, -0.1) is 0 Å². The molecule has 1 unspecified atom stereocenters. The topological polar surface area (TPSA) is 77.4 Å². The van der Waals surface area contributed by atoms with Crippen LogP contribution in [0.4, 0.5) is 0 Å². The number of amides is 1. The minimum atomic E-state index is -0.545. The van der Waals surface area contributed by atoms with Gasteiger partial charge in [-0.3, -0.25) is 9.59 Å². The Morgan fingerprint density at radius 3 is 2.68 bits per heavy atom. The Morgan fingerprint density at radius 2 is 2.11 bits per heavy atom. The van der Waals surface area contributed by atoms with Crippen molar-refractivity contribution in [2.75, 3.05) is 7.11 Å². The van der Waals surface area contributed by atoms with E-state index in [9.17, 15) is 14.4 Å². The lowest BCUT2D eigenvalue weighted by molar-refractivity contribution is -0.122. The summed E-state index contributed by atoms with van der Waals surface area (Å²) >= 11 is 0. The molecule has 1 atom stereocenters. The molecule has 1 aromatic rings. The number of nitrogens with zero attached hydrogens (tertiary/aromatic N) is 1. The number of hydrogen-bond donors (Lipinski definition) is 1. The van der Waals surface area contributed by atoms with Gasteiger partial charge in [0.1, 0.15) is 6.54 Å². The van der Waals surface area contributed by atoms with Crippen LogP contribution in [0, 0.1) is 0 Å². The molecule has 0 aliphatic rings. The first-order chi connectivity index (χ1) is 8.97. The van der Waals surface area contributed by atoms with E-state index in [0.29, 0.717) is 0 Å². The summed E-state index contributed by atoms with van der Waals surface area (Å²) in [6.07, 6.45) is 2.13. The number of nitrogens with one attached hydrogen (secondary N) is 1. The predicted octanol–water partition coefficient (Wildman–Crippen LogP) is 0.550. The summed E-state index contributed by atoms with van der Waals surface area (Å²) in [5, 5.41) is 2.75. The number of rotatable bonds is 5. The number of aromatic nitrogens is 1. The van der Waals surface area contributed by atoms with Crippen LogP contribution in [0.5, 0.6) is 0 Å². The molecule has 6 nitrogen and oxygen atoms in total. The van der Waals surface area contributed by atoms with Crippen molar-refractivity contribution in [1.29, 1.82) is 0 Å². The van der Waals surface area contributed by atoms with Crippen molar-refractivity contribution in [2.45, 2.75) is 32.9 Å². The van der Waals surface area contributed by atoms with Crippen molar-refractivity contribution >= 4 is 11.9 Å². The Balaban J connectivity index is 2.85. The first-order valence-electron chi connectivity index (χ1n) is 6.06. The molecule has 0 fully saturated rings. The van der Waals surface area contributed by atoms with Gasteiger partial charge in [-0.25, -0.2) is 4.79 Å². The van der Waals surface area contributed by atoms with E-state index in [0.717, 1.165) is 6.42 Å². The van der Waals surface area contributed by atoms with Gasteiger partial charge in [-0.05, 0) is 19.4 Å². The molecule has 1 rings (SSSR count). The smallest absolute Gasteiger partial charge is 0.339 e. The molecule has 0 saturated heterocycles. The number of carbonyl (C=O) groups excluding carboxylic acids is 2. The molecule has 1 N–H and O–H groups in total. The Morgan fingerprint density at radius 1 is 1.42 bits per heavy atom. The zero-order chi connectivity index (χ0) is 14.4. The number of hydrogen-bond acceptors (Lipinski definition) is 4. The monoisotopic (exact) mass is 266 g/mol. The van der Waals surface area contributed by atoms with E-state index in [1.807, 2.05) is 13.8 Å². The minimum absolute atomic E-state index is 0.0481. The normalized spacial score (nSPS) is 11.7. The number of esters is 1. The first kappa shape index (κ1) is 14.9. The number of pyridine rings is 1. The number of methoxy groups -OCH3 is 1. The lowest BCUT2D eigenvalue weighted by Gasteiger charge is -2.12. The lowest BCUT2D eigenvalue weighted by Crippen LogP contribution is -2.37. The molecule has 0 radical (unpaired) electrons. The lowest BCUT2D eigenvalue weighted by atomic mass is 10.2. The van der Waals surface area contributed by atoms with E-state index in [4.69, 9.17) is 0 Å². The van der Waals surface area contributed by atoms with Gasteiger partial charge in [-0.1, -0.05) is 6.92 Å². The minimum Gasteiger partial charge on any atom is -0.465 e. The van der Waals surface area contributed by atoms with Crippen LogP contribution in [-0.2, 0) is 16.1 Å². The van der Waals surface area contributed by atoms with Crippen LogP contribution in [0.25, 0.3) is 0 Å². The van der Waals surface area contributed by atoms with E-state index in [-0.39, 0.29) is 29.6 Å². The summed E-state index contributed by atoms with van der Waals surface area (Å²) in [4.78, 5) is 34.7. The summed E-state index contributed by atoms with van der Waals surface area (Å²) in [5.41, 5.74) is -0.106. The first-order valence-corrected chi connectivity index (χ1v) is 6.06. The van der Waals surface area contributed by atoms with Crippen LogP contribution in [0.2, 0.25) is 0 Å². The van der Waals surface area contributed by atoms with E-state index >= 15 is 0 Å². The fourth-order valence-electron chi connectivity index (χ4n) is 1.47.